The molecule has 0 aliphatic carbocycles. The molecular formula is C11H5NO2S. The summed E-state index contributed by atoms with van der Waals surface area (Å²) in [5.74, 6) is -0.0595. The summed E-state index contributed by atoms with van der Waals surface area (Å²) in [4.78, 5) is 0. The summed E-state index contributed by atoms with van der Waals surface area (Å²) < 4.78 is 6.99. The van der Waals surface area contributed by atoms with Gasteiger partial charge in [-0.3, -0.25) is 0 Å². The maximum Gasteiger partial charge on any atom is 0.247 e. The minimum atomic E-state index is -0.0475. The zero-order valence-corrected chi connectivity index (χ0v) is 8.34. The fraction of sp³-hybridized carbons (Fsp3) is 0. The number of nitrogens with zero attached hydrogens (tertiary/aromatic N) is 1. The van der Waals surface area contributed by atoms with E-state index >= 15 is 0 Å². The fourth-order valence-electron chi connectivity index (χ4n) is 1.61. The number of thiophene rings is 1. The second-order valence-electron chi connectivity index (χ2n) is 3.15. The van der Waals surface area contributed by atoms with Gasteiger partial charge in [0.15, 0.2) is 11.3 Å². The lowest BCUT2D eigenvalue weighted by Crippen LogP contribution is -1.64. The molecule has 0 aliphatic heterocycles. The Labute approximate surface area is 88.8 Å². The first-order valence-electron chi connectivity index (χ1n) is 4.34. The van der Waals surface area contributed by atoms with E-state index < -0.39 is 0 Å². The summed E-state index contributed by atoms with van der Waals surface area (Å²) >= 11 is 1.43. The first kappa shape index (κ1) is 8.33. The number of furan rings is 1. The van der Waals surface area contributed by atoms with Crippen LogP contribution < -0.4 is 0 Å². The van der Waals surface area contributed by atoms with E-state index in [0.29, 0.717) is 10.3 Å². The Hall–Kier alpha value is -1.99. The van der Waals surface area contributed by atoms with Crippen LogP contribution >= 0.6 is 11.3 Å². The van der Waals surface area contributed by atoms with Crippen molar-refractivity contribution in [2.45, 2.75) is 0 Å². The Morgan fingerprint density at radius 2 is 2.13 bits per heavy atom. The van der Waals surface area contributed by atoms with Gasteiger partial charge < -0.3 is 9.52 Å². The first-order chi connectivity index (χ1) is 7.31. The van der Waals surface area contributed by atoms with Gasteiger partial charge in [-0.15, -0.1) is 11.3 Å². The van der Waals surface area contributed by atoms with Crippen molar-refractivity contribution in [3.05, 3.63) is 30.0 Å². The van der Waals surface area contributed by atoms with Crippen LogP contribution in [-0.4, -0.2) is 5.11 Å². The topological polar surface area (TPSA) is 57.2 Å². The van der Waals surface area contributed by atoms with Gasteiger partial charge in [-0.2, -0.15) is 5.26 Å². The third-order valence-corrected chi connectivity index (χ3v) is 3.44. The zero-order valence-electron chi connectivity index (χ0n) is 7.52. The maximum atomic E-state index is 9.68. The third-order valence-electron chi connectivity index (χ3n) is 2.29. The van der Waals surface area contributed by atoms with Crippen LogP contribution in [0.2, 0.25) is 0 Å². The van der Waals surface area contributed by atoms with Gasteiger partial charge in [0.1, 0.15) is 10.8 Å². The number of nitriles is 1. The Bertz CT molecular complexity index is 702. The van der Waals surface area contributed by atoms with Crippen LogP contribution in [0.15, 0.2) is 28.7 Å². The van der Waals surface area contributed by atoms with E-state index in [0.717, 1.165) is 10.1 Å². The average molecular weight is 215 g/mol. The van der Waals surface area contributed by atoms with Gasteiger partial charge in [0.25, 0.3) is 0 Å². The standard InChI is InChI=1S/C11H5NO2S/c12-5-7-9(13)11-10(14-7)6-3-1-2-4-8(6)15-11/h1-4,13H. The molecule has 2 heterocycles. The molecule has 3 nitrogen and oxygen atoms in total. The molecule has 2 aromatic heterocycles. The van der Waals surface area contributed by atoms with E-state index in [4.69, 9.17) is 9.68 Å². The van der Waals surface area contributed by atoms with Crippen LogP contribution in [0.1, 0.15) is 5.76 Å². The highest BCUT2D eigenvalue weighted by Crippen LogP contribution is 2.42. The van der Waals surface area contributed by atoms with Crippen molar-refractivity contribution in [3.8, 4) is 11.8 Å². The highest BCUT2D eigenvalue weighted by molar-refractivity contribution is 7.26. The first-order valence-corrected chi connectivity index (χ1v) is 5.16. The summed E-state index contributed by atoms with van der Waals surface area (Å²) in [6.07, 6.45) is 0. The molecule has 1 N–H and O–H groups in total. The van der Waals surface area contributed by atoms with E-state index in [-0.39, 0.29) is 11.5 Å². The molecular weight excluding hydrogens is 210 g/mol. The van der Waals surface area contributed by atoms with E-state index in [1.165, 1.54) is 11.3 Å². The van der Waals surface area contributed by atoms with Crippen LogP contribution in [0, 0.1) is 11.3 Å². The SMILES string of the molecule is N#Cc1oc2c(sc3ccccc32)c1O. The third kappa shape index (κ3) is 0.982. The monoisotopic (exact) mass is 215 g/mol. The lowest BCUT2D eigenvalue weighted by Gasteiger charge is -1.86. The number of fused-ring (bicyclic) bond motifs is 3. The van der Waals surface area contributed by atoms with Crippen LogP contribution in [0.5, 0.6) is 5.75 Å². The fourth-order valence-corrected chi connectivity index (χ4v) is 2.68. The Morgan fingerprint density at radius 1 is 1.33 bits per heavy atom. The number of aromatic hydroxyl groups is 1. The van der Waals surface area contributed by atoms with E-state index in [9.17, 15) is 5.11 Å². The summed E-state index contributed by atoms with van der Waals surface area (Å²) in [6, 6.07) is 9.53. The van der Waals surface area contributed by atoms with E-state index in [1.54, 1.807) is 0 Å². The van der Waals surface area contributed by atoms with E-state index in [2.05, 4.69) is 0 Å². The van der Waals surface area contributed by atoms with Crippen LogP contribution in [0.4, 0.5) is 0 Å². The summed E-state index contributed by atoms with van der Waals surface area (Å²) in [5, 5.41) is 19.3. The Morgan fingerprint density at radius 3 is 2.93 bits per heavy atom. The largest absolute Gasteiger partial charge is 0.503 e. The second kappa shape index (κ2) is 2.75. The lowest BCUT2D eigenvalue weighted by molar-refractivity contribution is 0.459. The van der Waals surface area contributed by atoms with Crippen LogP contribution in [0.3, 0.4) is 0 Å². The van der Waals surface area contributed by atoms with Gasteiger partial charge in [-0.1, -0.05) is 12.1 Å². The van der Waals surface area contributed by atoms with Crippen molar-refractivity contribution in [2.75, 3.05) is 0 Å². The van der Waals surface area contributed by atoms with Gasteiger partial charge in [0, 0.05) is 10.1 Å². The molecule has 0 spiro atoms. The molecule has 0 aliphatic rings. The quantitative estimate of drug-likeness (QED) is 0.626. The second-order valence-corrected chi connectivity index (χ2v) is 4.20. The summed E-state index contributed by atoms with van der Waals surface area (Å²) in [6.45, 7) is 0. The molecule has 72 valence electrons. The average Bonchev–Trinajstić information content (AvgIpc) is 2.76. The van der Waals surface area contributed by atoms with Crippen molar-refractivity contribution in [3.63, 3.8) is 0 Å². The summed E-state index contributed by atoms with van der Waals surface area (Å²) in [5.41, 5.74) is 0.602. The van der Waals surface area contributed by atoms with Crippen LogP contribution in [-0.2, 0) is 0 Å². The highest BCUT2D eigenvalue weighted by Gasteiger charge is 2.17. The van der Waals surface area contributed by atoms with Gasteiger partial charge in [-0.25, -0.2) is 0 Å². The molecule has 0 radical (unpaired) electrons. The highest BCUT2D eigenvalue weighted by atomic mass is 32.1. The number of hydrogen-bond acceptors (Lipinski definition) is 4. The molecule has 1 aromatic carbocycles. The lowest BCUT2D eigenvalue weighted by atomic mass is 10.2. The minimum Gasteiger partial charge on any atom is -0.503 e. The molecule has 3 rings (SSSR count). The molecule has 0 amide bonds. The molecule has 0 unspecified atom stereocenters. The van der Waals surface area contributed by atoms with Gasteiger partial charge in [0.2, 0.25) is 5.76 Å². The molecule has 0 fully saturated rings. The molecule has 0 bridgehead atoms. The van der Waals surface area contributed by atoms with Gasteiger partial charge in [-0.05, 0) is 12.1 Å². The van der Waals surface area contributed by atoms with Crippen LogP contribution in [0.25, 0.3) is 20.4 Å². The normalized spacial score (nSPS) is 10.9. The smallest absolute Gasteiger partial charge is 0.247 e. The molecule has 0 atom stereocenters. The molecule has 0 saturated carbocycles. The molecule has 0 saturated heterocycles. The number of benzene rings is 1. The molecule has 3 aromatic rings. The molecule has 15 heavy (non-hydrogen) atoms. The maximum absolute atomic E-state index is 9.68. The van der Waals surface area contributed by atoms with Crippen molar-refractivity contribution < 1.29 is 9.52 Å². The predicted molar refractivity (Wildman–Crippen MR) is 58.0 cm³/mol. The molecule has 4 heteroatoms. The van der Waals surface area contributed by atoms with Crippen molar-refractivity contribution >= 4 is 31.7 Å². The minimum absolute atomic E-state index is 0.0120. The number of rotatable bonds is 0. The van der Waals surface area contributed by atoms with Gasteiger partial charge in [0.05, 0.1) is 0 Å². The van der Waals surface area contributed by atoms with Gasteiger partial charge >= 0.3 is 0 Å². The van der Waals surface area contributed by atoms with Crippen molar-refractivity contribution in [1.29, 1.82) is 5.26 Å². The Kier molecular flexibility index (Phi) is 1.53. The zero-order chi connectivity index (χ0) is 10.4. The van der Waals surface area contributed by atoms with E-state index in [1.807, 2.05) is 30.3 Å². The van der Waals surface area contributed by atoms with Crippen molar-refractivity contribution in [1.82, 2.24) is 0 Å². The number of hydrogen-bond donors (Lipinski definition) is 1. The predicted octanol–water partition coefficient (Wildman–Crippen LogP) is 3.22. The Balaban J connectivity index is 2.56. The van der Waals surface area contributed by atoms with Crippen molar-refractivity contribution in [2.24, 2.45) is 0 Å². The summed E-state index contributed by atoms with van der Waals surface area (Å²) in [7, 11) is 0.